The van der Waals surface area contributed by atoms with Gasteiger partial charge in [0.2, 0.25) is 0 Å². The lowest BCUT2D eigenvalue weighted by atomic mass is 10.0. The van der Waals surface area contributed by atoms with Gasteiger partial charge in [-0.15, -0.1) is 0 Å². The highest BCUT2D eigenvalue weighted by Crippen LogP contribution is 2.22. The van der Waals surface area contributed by atoms with Crippen molar-refractivity contribution in [2.45, 2.75) is 18.9 Å². The van der Waals surface area contributed by atoms with Crippen molar-refractivity contribution in [1.82, 2.24) is 9.80 Å². The van der Waals surface area contributed by atoms with Crippen LogP contribution in [0.5, 0.6) is 0 Å². The fraction of sp³-hybridized carbons (Fsp3) is 0.533. The van der Waals surface area contributed by atoms with E-state index in [1.165, 1.54) is 0 Å². The normalized spacial score (nSPS) is 21.1. The minimum atomic E-state index is 0.210. The summed E-state index contributed by atoms with van der Waals surface area (Å²) in [7, 11) is 4.18. The minimum absolute atomic E-state index is 0.210. The van der Waals surface area contributed by atoms with Crippen LogP contribution in [0.2, 0.25) is 10.0 Å². The SMILES string of the molecule is CN1CCN(C)C(CC(=O)Cc2cc(Cl)ccc2Cl)C1. The summed E-state index contributed by atoms with van der Waals surface area (Å²) in [5, 5.41) is 1.23. The van der Waals surface area contributed by atoms with E-state index in [0.717, 1.165) is 25.2 Å². The van der Waals surface area contributed by atoms with Gasteiger partial charge in [-0.1, -0.05) is 23.2 Å². The van der Waals surface area contributed by atoms with E-state index < -0.39 is 0 Å². The molecule has 0 amide bonds. The summed E-state index contributed by atoms with van der Waals surface area (Å²) in [6.45, 7) is 3.00. The second kappa shape index (κ2) is 6.90. The molecule has 0 N–H and O–H groups in total. The van der Waals surface area contributed by atoms with E-state index in [-0.39, 0.29) is 5.78 Å². The molecule has 1 atom stereocenters. The van der Waals surface area contributed by atoms with E-state index in [2.05, 4.69) is 23.9 Å². The van der Waals surface area contributed by atoms with E-state index in [0.29, 0.717) is 28.9 Å². The number of hydrogen-bond donors (Lipinski definition) is 0. The number of Topliss-reactive ketones (excluding diaryl/α,β-unsaturated/α-hetero) is 1. The van der Waals surface area contributed by atoms with Gasteiger partial charge in [0.1, 0.15) is 5.78 Å². The first-order valence-corrected chi connectivity index (χ1v) is 7.55. The van der Waals surface area contributed by atoms with Crippen LogP contribution >= 0.6 is 23.2 Å². The number of rotatable bonds is 4. The lowest BCUT2D eigenvalue weighted by molar-refractivity contribution is -0.120. The molecule has 0 saturated carbocycles. The minimum Gasteiger partial charge on any atom is -0.304 e. The summed E-state index contributed by atoms with van der Waals surface area (Å²) in [5.41, 5.74) is 0.816. The number of nitrogens with zero attached hydrogens (tertiary/aromatic N) is 2. The van der Waals surface area contributed by atoms with Crippen LogP contribution in [-0.4, -0.2) is 55.4 Å². The van der Waals surface area contributed by atoms with Gasteiger partial charge in [0.05, 0.1) is 0 Å². The van der Waals surface area contributed by atoms with Gasteiger partial charge in [-0.25, -0.2) is 0 Å². The van der Waals surface area contributed by atoms with Crippen LogP contribution in [0.4, 0.5) is 0 Å². The molecule has 0 spiro atoms. The van der Waals surface area contributed by atoms with E-state index in [4.69, 9.17) is 23.2 Å². The predicted molar refractivity (Wildman–Crippen MR) is 83.7 cm³/mol. The number of likely N-dealkylation sites (N-methyl/N-ethyl adjacent to an activating group) is 2. The Morgan fingerprint density at radius 1 is 1.30 bits per heavy atom. The second-order valence-corrected chi connectivity index (χ2v) is 6.40. The Bertz CT molecular complexity index is 493. The Balaban J connectivity index is 1.96. The number of carbonyl (C=O) groups is 1. The van der Waals surface area contributed by atoms with Gasteiger partial charge in [-0.05, 0) is 37.9 Å². The van der Waals surface area contributed by atoms with Crippen LogP contribution in [0.3, 0.4) is 0 Å². The number of halogens is 2. The fourth-order valence-corrected chi connectivity index (χ4v) is 2.93. The third-order valence-corrected chi connectivity index (χ3v) is 4.44. The molecule has 1 aromatic carbocycles. The smallest absolute Gasteiger partial charge is 0.138 e. The number of benzene rings is 1. The Kier molecular flexibility index (Phi) is 5.44. The van der Waals surface area contributed by atoms with Crippen molar-refractivity contribution in [3.8, 4) is 0 Å². The highest BCUT2D eigenvalue weighted by atomic mass is 35.5. The van der Waals surface area contributed by atoms with Gasteiger partial charge in [-0.2, -0.15) is 0 Å². The summed E-state index contributed by atoms with van der Waals surface area (Å²) < 4.78 is 0. The first-order valence-electron chi connectivity index (χ1n) is 6.80. The summed E-state index contributed by atoms with van der Waals surface area (Å²) in [6.07, 6.45) is 0.914. The maximum absolute atomic E-state index is 12.2. The van der Waals surface area contributed by atoms with E-state index >= 15 is 0 Å². The Hall–Kier alpha value is -0.610. The molecule has 20 heavy (non-hydrogen) atoms. The van der Waals surface area contributed by atoms with Crippen molar-refractivity contribution in [3.05, 3.63) is 33.8 Å². The molecular formula is C15H20Cl2N2O. The maximum Gasteiger partial charge on any atom is 0.138 e. The largest absolute Gasteiger partial charge is 0.304 e. The Labute approximate surface area is 130 Å². The molecule has 0 aromatic heterocycles. The fourth-order valence-electron chi connectivity index (χ4n) is 2.55. The Morgan fingerprint density at radius 3 is 2.80 bits per heavy atom. The topological polar surface area (TPSA) is 23.6 Å². The number of hydrogen-bond acceptors (Lipinski definition) is 3. The van der Waals surface area contributed by atoms with Crippen LogP contribution in [0.15, 0.2) is 18.2 Å². The summed E-state index contributed by atoms with van der Waals surface area (Å²) in [4.78, 5) is 16.8. The van der Waals surface area contributed by atoms with Crippen molar-refractivity contribution in [2.75, 3.05) is 33.7 Å². The van der Waals surface area contributed by atoms with Crippen LogP contribution < -0.4 is 0 Å². The molecule has 3 nitrogen and oxygen atoms in total. The highest BCUT2D eigenvalue weighted by Gasteiger charge is 2.24. The van der Waals surface area contributed by atoms with Crippen LogP contribution in [-0.2, 0) is 11.2 Å². The molecule has 1 aromatic rings. The first-order chi connectivity index (χ1) is 9.45. The third-order valence-electron chi connectivity index (χ3n) is 3.84. The number of ketones is 1. The number of piperazine rings is 1. The second-order valence-electron chi connectivity index (χ2n) is 5.55. The van der Waals surface area contributed by atoms with Gasteiger partial charge >= 0.3 is 0 Å². The zero-order valence-corrected chi connectivity index (χ0v) is 13.4. The monoisotopic (exact) mass is 314 g/mol. The van der Waals surface area contributed by atoms with Crippen LogP contribution in [0.25, 0.3) is 0 Å². The third kappa shape index (κ3) is 4.19. The van der Waals surface area contributed by atoms with Gasteiger partial charge < -0.3 is 9.80 Å². The summed E-state index contributed by atoms with van der Waals surface area (Å²) >= 11 is 12.1. The average Bonchev–Trinajstić information content (AvgIpc) is 2.38. The van der Waals surface area contributed by atoms with Crippen molar-refractivity contribution in [3.63, 3.8) is 0 Å². The Morgan fingerprint density at radius 2 is 2.05 bits per heavy atom. The van der Waals surface area contributed by atoms with Gasteiger partial charge in [-0.3, -0.25) is 4.79 Å². The van der Waals surface area contributed by atoms with Crippen molar-refractivity contribution in [1.29, 1.82) is 0 Å². The van der Waals surface area contributed by atoms with E-state index in [9.17, 15) is 4.79 Å². The van der Waals surface area contributed by atoms with Crippen molar-refractivity contribution < 1.29 is 4.79 Å². The average molecular weight is 315 g/mol. The molecule has 1 unspecified atom stereocenters. The number of carbonyl (C=O) groups excluding carboxylic acids is 1. The molecule has 2 rings (SSSR count). The quantitative estimate of drug-likeness (QED) is 0.853. The lowest BCUT2D eigenvalue weighted by Crippen LogP contribution is -2.50. The molecule has 0 radical (unpaired) electrons. The predicted octanol–water partition coefficient (Wildman–Crippen LogP) is 2.74. The first kappa shape index (κ1) is 15.8. The zero-order valence-electron chi connectivity index (χ0n) is 11.9. The van der Waals surface area contributed by atoms with Crippen LogP contribution in [0, 0.1) is 0 Å². The van der Waals surface area contributed by atoms with Crippen molar-refractivity contribution in [2.24, 2.45) is 0 Å². The molecule has 110 valence electrons. The molecule has 1 saturated heterocycles. The lowest BCUT2D eigenvalue weighted by Gasteiger charge is -2.37. The standard InChI is InChI=1S/C15H20Cl2N2O/c1-18-5-6-19(2)13(10-18)9-14(20)8-11-7-12(16)3-4-15(11)17/h3-4,7,13H,5-6,8-10H2,1-2H3. The summed E-state index contributed by atoms with van der Waals surface area (Å²) in [5.74, 6) is 0.210. The molecule has 1 aliphatic heterocycles. The molecule has 0 aliphatic carbocycles. The molecule has 1 aliphatic rings. The van der Waals surface area contributed by atoms with Gasteiger partial charge in [0.25, 0.3) is 0 Å². The van der Waals surface area contributed by atoms with Crippen molar-refractivity contribution >= 4 is 29.0 Å². The van der Waals surface area contributed by atoms with E-state index in [1.54, 1.807) is 18.2 Å². The highest BCUT2D eigenvalue weighted by molar-refractivity contribution is 6.33. The zero-order chi connectivity index (χ0) is 14.7. The summed E-state index contributed by atoms with van der Waals surface area (Å²) in [6, 6.07) is 5.55. The van der Waals surface area contributed by atoms with Gasteiger partial charge in [0, 0.05) is 48.6 Å². The molecule has 0 bridgehead atoms. The molecule has 5 heteroatoms. The molecule has 1 fully saturated rings. The van der Waals surface area contributed by atoms with Gasteiger partial charge in [0.15, 0.2) is 0 Å². The molecular weight excluding hydrogens is 295 g/mol. The van der Waals surface area contributed by atoms with E-state index in [1.807, 2.05) is 0 Å². The molecule has 1 heterocycles. The maximum atomic E-state index is 12.2. The van der Waals surface area contributed by atoms with Crippen LogP contribution in [0.1, 0.15) is 12.0 Å².